The predicted molar refractivity (Wildman–Crippen MR) is 96.6 cm³/mol. The fraction of sp³-hybridized carbons (Fsp3) is 0.100. The lowest BCUT2D eigenvalue weighted by atomic mass is 10.1. The van der Waals surface area contributed by atoms with Crippen LogP contribution in [0.2, 0.25) is 0 Å². The van der Waals surface area contributed by atoms with Crippen LogP contribution >= 0.6 is 0 Å². The molecule has 26 heavy (non-hydrogen) atoms. The molecule has 6 heteroatoms. The highest BCUT2D eigenvalue weighted by Gasteiger charge is 2.13. The molecular formula is C20H18N2O4. The van der Waals surface area contributed by atoms with E-state index in [9.17, 15) is 9.90 Å². The molecule has 0 unspecified atom stereocenters. The topological polar surface area (TPSA) is 80.7 Å². The van der Waals surface area contributed by atoms with Crippen LogP contribution in [-0.4, -0.2) is 23.1 Å². The van der Waals surface area contributed by atoms with Crippen molar-refractivity contribution in [3.63, 3.8) is 0 Å². The summed E-state index contributed by atoms with van der Waals surface area (Å²) in [5, 5.41) is 12.7. The van der Waals surface area contributed by atoms with E-state index < -0.39 is 5.91 Å². The number of ether oxygens (including phenoxy) is 2. The van der Waals surface area contributed by atoms with Crippen LogP contribution in [-0.2, 0) is 6.54 Å². The van der Waals surface area contributed by atoms with Gasteiger partial charge in [-0.2, -0.15) is 0 Å². The summed E-state index contributed by atoms with van der Waals surface area (Å²) in [7, 11) is 1.49. The van der Waals surface area contributed by atoms with Gasteiger partial charge in [0.25, 0.3) is 5.91 Å². The molecule has 0 saturated heterocycles. The summed E-state index contributed by atoms with van der Waals surface area (Å²) in [5.41, 5.74) is 0.887. The largest absolute Gasteiger partial charge is 0.507 e. The molecule has 0 bridgehead atoms. The van der Waals surface area contributed by atoms with Gasteiger partial charge in [0.1, 0.15) is 17.2 Å². The number of phenols is 1. The minimum atomic E-state index is -0.403. The number of amides is 1. The van der Waals surface area contributed by atoms with Gasteiger partial charge >= 0.3 is 0 Å². The van der Waals surface area contributed by atoms with Gasteiger partial charge in [-0.1, -0.05) is 24.3 Å². The molecule has 1 heterocycles. The Morgan fingerprint density at radius 3 is 2.62 bits per heavy atom. The fourth-order valence-corrected chi connectivity index (χ4v) is 2.35. The summed E-state index contributed by atoms with van der Waals surface area (Å²) >= 11 is 0. The summed E-state index contributed by atoms with van der Waals surface area (Å²) in [6.45, 7) is 0.209. The Morgan fingerprint density at radius 2 is 1.88 bits per heavy atom. The molecule has 3 aromatic rings. The Morgan fingerprint density at radius 1 is 1.08 bits per heavy atom. The number of phenolic OH excluding ortho intramolecular Hbond substituents is 1. The highest BCUT2D eigenvalue weighted by Crippen LogP contribution is 2.24. The van der Waals surface area contributed by atoms with Crippen molar-refractivity contribution in [1.29, 1.82) is 0 Å². The molecule has 2 N–H and O–H groups in total. The third-order valence-corrected chi connectivity index (χ3v) is 3.70. The fourth-order valence-electron chi connectivity index (χ4n) is 2.35. The van der Waals surface area contributed by atoms with Gasteiger partial charge in [0.15, 0.2) is 0 Å². The van der Waals surface area contributed by atoms with Crippen molar-refractivity contribution in [2.75, 3.05) is 7.11 Å². The van der Waals surface area contributed by atoms with Crippen LogP contribution in [0.25, 0.3) is 0 Å². The van der Waals surface area contributed by atoms with E-state index in [1.54, 1.807) is 18.3 Å². The average Bonchev–Trinajstić information content (AvgIpc) is 2.67. The normalized spacial score (nSPS) is 10.2. The Balaban J connectivity index is 1.71. The molecule has 6 nitrogen and oxygen atoms in total. The minimum Gasteiger partial charge on any atom is -0.507 e. The van der Waals surface area contributed by atoms with Gasteiger partial charge in [-0.25, -0.2) is 4.98 Å². The summed E-state index contributed by atoms with van der Waals surface area (Å²) in [6.07, 6.45) is 1.62. The summed E-state index contributed by atoms with van der Waals surface area (Å²) in [5.74, 6) is 1.00. The number of carbonyl (C=O) groups is 1. The molecule has 1 aromatic heterocycles. The second kappa shape index (κ2) is 8.02. The van der Waals surface area contributed by atoms with E-state index in [0.29, 0.717) is 17.4 Å². The first-order valence-corrected chi connectivity index (χ1v) is 7.99. The molecule has 0 spiro atoms. The maximum absolute atomic E-state index is 12.3. The van der Waals surface area contributed by atoms with Crippen molar-refractivity contribution < 1.29 is 19.4 Å². The molecule has 1 amide bonds. The van der Waals surface area contributed by atoms with Gasteiger partial charge in [0.2, 0.25) is 5.88 Å². The molecule has 0 aliphatic carbocycles. The Kier molecular flexibility index (Phi) is 5.34. The third kappa shape index (κ3) is 4.10. The number of para-hydroxylation sites is 1. The monoisotopic (exact) mass is 350 g/mol. The number of rotatable bonds is 6. The zero-order chi connectivity index (χ0) is 18.4. The van der Waals surface area contributed by atoms with Crippen LogP contribution in [0.4, 0.5) is 0 Å². The number of aromatic hydroxyl groups is 1. The number of benzene rings is 2. The molecule has 0 aliphatic rings. The second-order valence-corrected chi connectivity index (χ2v) is 5.45. The van der Waals surface area contributed by atoms with Gasteiger partial charge in [-0.05, 0) is 30.3 Å². The molecular weight excluding hydrogens is 332 g/mol. The number of pyridine rings is 1. The first-order valence-electron chi connectivity index (χ1n) is 7.99. The van der Waals surface area contributed by atoms with Crippen molar-refractivity contribution >= 4 is 5.91 Å². The minimum absolute atomic E-state index is 0.145. The number of carbonyl (C=O) groups excluding carboxylic acids is 1. The van der Waals surface area contributed by atoms with Gasteiger partial charge in [-0.3, -0.25) is 4.79 Å². The van der Waals surface area contributed by atoms with Crippen LogP contribution in [0.5, 0.6) is 23.1 Å². The lowest BCUT2D eigenvalue weighted by molar-refractivity contribution is 0.0948. The van der Waals surface area contributed by atoms with E-state index in [1.807, 2.05) is 36.4 Å². The molecule has 3 rings (SSSR count). The van der Waals surface area contributed by atoms with E-state index in [1.165, 1.54) is 19.2 Å². The number of methoxy groups -OCH3 is 1. The van der Waals surface area contributed by atoms with Crippen LogP contribution in [0.1, 0.15) is 15.9 Å². The van der Waals surface area contributed by atoms with Crippen molar-refractivity contribution in [3.8, 4) is 23.1 Å². The van der Waals surface area contributed by atoms with E-state index in [2.05, 4.69) is 10.3 Å². The van der Waals surface area contributed by atoms with Crippen LogP contribution in [0.3, 0.4) is 0 Å². The number of nitrogens with zero attached hydrogens (tertiary/aromatic N) is 1. The zero-order valence-corrected chi connectivity index (χ0v) is 14.2. The Bertz CT molecular complexity index is 897. The SMILES string of the molecule is COc1ccc(C(=O)NCc2cccnc2Oc2ccccc2)c(O)c1. The summed E-state index contributed by atoms with van der Waals surface area (Å²) in [4.78, 5) is 16.6. The molecule has 132 valence electrons. The van der Waals surface area contributed by atoms with Crippen molar-refractivity contribution in [2.24, 2.45) is 0 Å². The summed E-state index contributed by atoms with van der Waals surface area (Å²) in [6, 6.07) is 17.4. The first kappa shape index (κ1) is 17.3. The molecule has 2 aromatic carbocycles. The first-order chi connectivity index (χ1) is 12.7. The number of nitrogens with one attached hydrogen (secondary N) is 1. The second-order valence-electron chi connectivity index (χ2n) is 5.45. The third-order valence-electron chi connectivity index (χ3n) is 3.70. The van der Waals surface area contributed by atoms with Crippen molar-refractivity contribution in [3.05, 3.63) is 78.0 Å². The Labute approximate surface area is 151 Å². The number of hydrogen-bond donors (Lipinski definition) is 2. The highest BCUT2D eigenvalue weighted by atomic mass is 16.5. The molecule has 0 fully saturated rings. The van der Waals surface area contributed by atoms with E-state index >= 15 is 0 Å². The molecule has 0 radical (unpaired) electrons. The maximum Gasteiger partial charge on any atom is 0.255 e. The lowest BCUT2D eigenvalue weighted by Gasteiger charge is -2.11. The average molecular weight is 350 g/mol. The standard InChI is InChI=1S/C20H18N2O4/c1-25-16-9-10-17(18(23)12-16)19(24)22-13-14-6-5-11-21-20(14)26-15-7-3-2-4-8-15/h2-12,23H,13H2,1H3,(H,22,24). The molecule has 0 aliphatic heterocycles. The maximum atomic E-state index is 12.3. The van der Waals surface area contributed by atoms with Crippen molar-refractivity contribution in [1.82, 2.24) is 10.3 Å². The zero-order valence-electron chi connectivity index (χ0n) is 14.2. The lowest BCUT2D eigenvalue weighted by Crippen LogP contribution is -2.23. The van der Waals surface area contributed by atoms with Gasteiger partial charge in [0.05, 0.1) is 12.7 Å². The van der Waals surface area contributed by atoms with Gasteiger partial charge < -0.3 is 19.9 Å². The van der Waals surface area contributed by atoms with E-state index in [4.69, 9.17) is 9.47 Å². The van der Waals surface area contributed by atoms with E-state index in [-0.39, 0.29) is 17.9 Å². The summed E-state index contributed by atoms with van der Waals surface area (Å²) < 4.78 is 10.8. The van der Waals surface area contributed by atoms with E-state index in [0.717, 1.165) is 5.56 Å². The van der Waals surface area contributed by atoms with Gasteiger partial charge in [0, 0.05) is 24.4 Å². The Hall–Kier alpha value is -3.54. The smallest absolute Gasteiger partial charge is 0.255 e. The number of hydrogen-bond acceptors (Lipinski definition) is 5. The number of aromatic nitrogens is 1. The highest BCUT2D eigenvalue weighted by molar-refractivity contribution is 5.97. The van der Waals surface area contributed by atoms with Crippen LogP contribution < -0.4 is 14.8 Å². The van der Waals surface area contributed by atoms with Crippen LogP contribution in [0, 0.1) is 0 Å². The predicted octanol–water partition coefficient (Wildman–Crippen LogP) is 3.52. The quantitative estimate of drug-likeness (QED) is 0.711. The van der Waals surface area contributed by atoms with Gasteiger partial charge in [-0.15, -0.1) is 0 Å². The van der Waals surface area contributed by atoms with Crippen LogP contribution in [0.15, 0.2) is 66.9 Å². The molecule has 0 saturated carbocycles. The van der Waals surface area contributed by atoms with Crippen molar-refractivity contribution in [2.45, 2.75) is 6.54 Å². The molecule has 0 atom stereocenters.